The molecular weight excluding hydrogens is 264 g/mol. The van der Waals surface area contributed by atoms with E-state index < -0.39 is 11.6 Å². The molecular formula is C15H17F2NO2. The number of carbonyl (C=O) groups excluding carboxylic acids is 2. The van der Waals surface area contributed by atoms with Crippen molar-refractivity contribution in [1.82, 2.24) is 5.32 Å². The quantitative estimate of drug-likeness (QED) is 0.901. The summed E-state index contributed by atoms with van der Waals surface area (Å²) in [7, 11) is 0. The van der Waals surface area contributed by atoms with Gasteiger partial charge in [-0.25, -0.2) is 8.78 Å². The molecule has 1 aliphatic carbocycles. The second-order valence-electron chi connectivity index (χ2n) is 5.46. The highest BCUT2D eigenvalue weighted by Crippen LogP contribution is 2.47. The molecule has 3 nitrogen and oxygen atoms in total. The van der Waals surface area contributed by atoms with Crippen LogP contribution in [0.4, 0.5) is 8.78 Å². The third-order valence-corrected chi connectivity index (χ3v) is 3.58. The lowest BCUT2D eigenvalue weighted by molar-refractivity contribution is -0.127. The van der Waals surface area contributed by atoms with Gasteiger partial charge in [-0.2, -0.15) is 0 Å². The largest absolute Gasteiger partial charge is 0.349 e. The first-order valence-corrected chi connectivity index (χ1v) is 6.65. The van der Waals surface area contributed by atoms with Crippen LogP contribution in [0, 0.1) is 23.5 Å². The number of ketones is 1. The number of benzene rings is 1. The fourth-order valence-electron chi connectivity index (χ4n) is 2.11. The molecule has 1 fully saturated rings. The highest BCUT2D eigenvalue weighted by molar-refractivity contribution is 5.89. The van der Waals surface area contributed by atoms with Crippen LogP contribution in [0.1, 0.15) is 31.7 Å². The molecule has 108 valence electrons. The first-order chi connectivity index (χ1) is 9.40. The van der Waals surface area contributed by atoms with Crippen molar-refractivity contribution in [2.75, 3.05) is 6.54 Å². The number of rotatable bonds is 5. The number of carbonyl (C=O) groups is 2. The van der Waals surface area contributed by atoms with Gasteiger partial charge in [-0.05, 0) is 30.0 Å². The predicted octanol–water partition coefficient (Wildman–Crippen LogP) is 2.41. The van der Waals surface area contributed by atoms with Crippen LogP contribution in [-0.4, -0.2) is 18.2 Å². The molecule has 1 aromatic rings. The smallest absolute Gasteiger partial charge is 0.224 e. The molecule has 20 heavy (non-hydrogen) atoms. The van der Waals surface area contributed by atoms with Gasteiger partial charge in [0, 0.05) is 11.8 Å². The Morgan fingerprint density at radius 3 is 2.60 bits per heavy atom. The van der Waals surface area contributed by atoms with E-state index in [9.17, 15) is 18.4 Å². The minimum Gasteiger partial charge on any atom is -0.349 e. The summed E-state index contributed by atoms with van der Waals surface area (Å²) < 4.78 is 25.9. The fourth-order valence-corrected chi connectivity index (χ4v) is 2.11. The van der Waals surface area contributed by atoms with Gasteiger partial charge >= 0.3 is 0 Å². The van der Waals surface area contributed by atoms with Gasteiger partial charge < -0.3 is 5.32 Å². The number of hydrogen-bond acceptors (Lipinski definition) is 2. The normalized spacial score (nSPS) is 20.9. The second-order valence-corrected chi connectivity index (χ2v) is 5.46. The molecule has 2 rings (SSSR count). The Bertz CT molecular complexity index is 543. The zero-order valence-electron chi connectivity index (χ0n) is 11.5. The summed E-state index contributed by atoms with van der Waals surface area (Å²) in [5, 5.41) is 2.60. The maximum absolute atomic E-state index is 13.1. The summed E-state index contributed by atoms with van der Waals surface area (Å²) in [5.41, 5.74) is 0.624. The molecule has 1 amide bonds. The van der Waals surface area contributed by atoms with Crippen molar-refractivity contribution >= 4 is 11.7 Å². The van der Waals surface area contributed by atoms with Gasteiger partial charge in [-0.15, -0.1) is 0 Å². The number of nitrogens with one attached hydrogen (secondary N) is 1. The number of Topliss-reactive ketones (excluding diaryl/α,β-unsaturated/α-hetero) is 1. The summed E-state index contributed by atoms with van der Waals surface area (Å²) in [5.74, 6) is -2.46. The second kappa shape index (κ2) is 5.69. The first-order valence-electron chi connectivity index (χ1n) is 6.65. The molecule has 1 saturated carbocycles. The van der Waals surface area contributed by atoms with Gasteiger partial charge in [0.2, 0.25) is 5.91 Å². The third kappa shape index (κ3) is 3.21. The molecule has 0 aliphatic heterocycles. The Labute approximate surface area is 116 Å². The minimum atomic E-state index is -0.899. The Kier molecular flexibility index (Phi) is 4.16. The maximum Gasteiger partial charge on any atom is 0.224 e. The number of hydrogen-bond donors (Lipinski definition) is 1. The van der Waals surface area contributed by atoms with Gasteiger partial charge in [0.1, 0.15) is 0 Å². The van der Waals surface area contributed by atoms with Crippen molar-refractivity contribution in [2.45, 2.75) is 26.2 Å². The van der Waals surface area contributed by atoms with Gasteiger partial charge in [-0.1, -0.05) is 19.9 Å². The fraction of sp³-hybridized carbons (Fsp3) is 0.467. The minimum absolute atomic E-state index is 0.0247. The standard InChI is InChI=1S/C15H17F2NO2/c1-8(2)14(19)7-18-15(20)11-6-10(11)9-3-4-12(16)13(17)5-9/h3-5,8,10-11H,6-7H2,1-2H3,(H,18,20)/t10-,11+/m1/s1. The van der Waals surface area contributed by atoms with Crippen LogP contribution in [0.2, 0.25) is 0 Å². The summed E-state index contributed by atoms with van der Waals surface area (Å²) in [4.78, 5) is 23.3. The lowest BCUT2D eigenvalue weighted by Gasteiger charge is -2.06. The SMILES string of the molecule is CC(C)C(=O)CNC(=O)[C@H]1C[C@@H]1c1ccc(F)c(F)c1. The molecule has 0 radical (unpaired) electrons. The van der Waals surface area contributed by atoms with Crippen LogP contribution < -0.4 is 5.32 Å². The van der Waals surface area contributed by atoms with E-state index in [-0.39, 0.29) is 36.0 Å². The van der Waals surface area contributed by atoms with Gasteiger partial charge in [-0.3, -0.25) is 9.59 Å². The molecule has 5 heteroatoms. The van der Waals surface area contributed by atoms with Crippen molar-refractivity contribution in [3.63, 3.8) is 0 Å². The van der Waals surface area contributed by atoms with Crippen LogP contribution in [0.5, 0.6) is 0 Å². The lowest BCUT2D eigenvalue weighted by Crippen LogP contribution is -2.32. The molecule has 0 unspecified atom stereocenters. The topological polar surface area (TPSA) is 46.2 Å². The summed E-state index contributed by atoms with van der Waals surface area (Å²) in [6, 6.07) is 3.70. The molecule has 1 N–H and O–H groups in total. The van der Waals surface area contributed by atoms with Gasteiger partial charge in [0.05, 0.1) is 6.54 Å². The molecule has 0 heterocycles. The van der Waals surface area contributed by atoms with Crippen molar-refractivity contribution in [3.8, 4) is 0 Å². The molecule has 0 saturated heterocycles. The lowest BCUT2D eigenvalue weighted by atomic mass is 10.1. The van der Waals surface area contributed by atoms with Crippen molar-refractivity contribution in [1.29, 1.82) is 0 Å². The van der Waals surface area contributed by atoms with Gasteiger partial charge in [0.15, 0.2) is 17.4 Å². The van der Waals surface area contributed by atoms with Crippen LogP contribution in [0.15, 0.2) is 18.2 Å². The third-order valence-electron chi connectivity index (χ3n) is 3.58. The van der Waals surface area contributed by atoms with E-state index >= 15 is 0 Å². The number of amides is 1. The van der Waals surface area contributed by atoms with E-state index in [1.165, 1.54) is 6.07 Å². The van der Waals surface area contributed by atoms with Crippen LogP contribution in [-0.2, 0) is 9.59 Å². The van der Waals surface area contributed by atoms with E-state index in [1.807, 2.05) is 0 Å². The Balaban J connectivity index is 1.89. The molecule has 0 spiro atoms. The predicted molar refractivity (Wildman–Crippen MR) is 70.1 cm³/mol. The Morgan fingerprint density at radius 2 is 2.00 bits per heavy atom. The zero-order chi connectivity index (χ0) is 14.9. The van der Waals surface area contributed by atoms with Crippen LogP contribution in [0.3, 0.4) is 0 Å². The van der Waals surface area contributed by atoms with E-state index in [2.05, 4.69) is 5.32 Å². The molecule has 0 bridgehead atoms. The zero-order valence-corrected chi connectivity index (χ0v) is 11.5. The maximum atomic E-state index is 13.1. The van der Waals surface area contributed by atoms with E-state index in [0.717, 1.165) is 12.1 Å². The number of halogens is 2. The summed E-state index contributed by atoms with van der Waals surface area (Å²) in [6.07, 6.45) is 0.604. The molecule has 2 atom stereocenters. The first kappa shape index (κ1) is 14.6. The summed E-state index contributed by atoms with van der Waals surface area (Å²) >= 11 is 0. The summed E-state index contributed by atoms with van der Waals surface area (Å²) in [6.45, 7) is 3.57. The highest BCUT2D eigenvalue weighted by Gasteiger charge is 2.44. The van der Waals surface area contributed by atoms with E-state index in [1.54, 1.807) is 13.8 Å². The van der Waals surface area contributed by atoms with E-state index in [0.29, 0.717) is 12.0 Å². The average molecular weight is 281 g/mol. The Hall–Kier alpha value is -1.78. The van der Waals surface area contributed by atoms with Crippen molar-refractivity contribution in [2.24, 2.45) is 11.8 Å². The van der Waals surface area contributed by atoms with Gasteiger partial charge in [0.25, 0.3) is 0 Å². The van der Waals surface area contributed by atoms with Crippen molar-refractivity contribution in [3.05, 3.63) is 35.4 Å². The van der Waals surface area contributed by atoms with Crippen LogP contribution in [0.25, 0.3) is 0 Å². The van der Waals surface area contributed by atoms with Crippen molar-refractivity contribution < 1.29 is 18.4 Å². The molecule has 1 aromatic carbocycles. The average Bonchev–Trinajstić information content (AvgIpc) is 3.19. The molecule has 0 aromatic heterocycles. The van der Waals surface area contributed by atoms with E-state index in [4.69, 9.17) is 0 Å². The monoisotopic (exact) mass is 281 g/mol. The Morgan fingerprint density at radius 1 is 1.30 bits per heavy atom. The van der Waals surface area contributed by atoms with Crippen LogP contribution >= 0.6 is 0 Å². The molecule has 1 aliphatic rings. The highest BCUT2D eigenvalue weighted by atomic mass is 19.2.